The van der Waals surface area contributed by atoms with E-state index in [1.54, 1.807) is 12.4 Å². The van der Waals surface area contributed by atoms with Crippen molar-refractivity contribution >= 4 is 23.3 Å². The molecule has 1 aromatic carbocycles. The fourth-order valence-corrected chi connectivity index (χ4v) is 3.31. The fourth-order valence-electron chi connectivity index (χ4n) is 3.09. The van der Waals surface area contributed by atoms with Gasteiger partial charge in [-0.05, 0) is 42.9 Å². The summed E-state index contributed by atoms with van der Waals surface area (Å²) in [6.45, 7) is 4.52. The predicted molar refractivity (Wildman–Crippen MR) is 100.0 cm³/mol. The van der Waals surface area contributed by atoms with Crippen LogP contribution >= 0.6 is 11.6 Å². The Hall–Kier alpha value is -2.14. The number of halogens is 1. The number of hydrogen-bond acceptors (Lipinski definition) is 4. The fraction of sp³-hybridized carbons (Fsp3) is 0.421. The van der Waals surface area contributed by atoms with Crippen LogP contribution in [0.4, 0.5) is 5.82 Å². The van der Waals surface area contributed by atoms with Crippen LogP contribution in [-0.4, -0.2) is 40.4 Å². The van der Waals surface area contributed by atoms with Gasteiger partial charge in [-0.25, -0.2) is 9.97 Å². The monoisotopic (exact) mass is 358 g/mol. The van der Waals surface area contributed by atoms with Crippen molar-refractivity contribution in [2.75, 3.05) is 25.0 Å². The van der Waals surface area contributed by atoms with E-state index in [9.17, 15) is 4.79 Å². The van der Waals surface area contributed by atoms with E-state index in [4.69, 9.17) is 11.6 Å². The minimum absolute atomic E-state index is 0.0236. The molecule has 5 nitrogen and oxygen atoms in total. The lowest BCUT2D eigenvalue weighted by Gasteiger charge is -2.30. The highest BCUT2D eigenvalue weighted by Gasteiger charge is 2.23. The topological polar surface area (TPSA) is 58.1 Å². The van der Waals surface area contributed by atoms with Crippen LogP contribution in [0, 0.1) is 5.92 Å². The van der Waals surface area contributed by atoms with Gasteiger partial charge < -0.3 is 10.2 Å². The molecule has 132 valence electrons. The van der Waals surface area contributed by atoms with Gasteiger partial charge in [0.05, 0.1) is 12.4 Å². The maximum Gasteiger partial charge on any atom is 0.274 e. The van der Waals surface area contributed by atoms with Crippen LogP contribution in [0.3, 0.4) is 0 Å². The van der Waals surface area contributed by atoms with Gasteiger partial charge in [0.1, 0.15) is 11.5 Å². The van der Waals surface area contributed by atoms with Crippen LogP contribution in [0.25, 0.3) is 0 Å². The highest BCUT2D eigenvalue weighted by molar-refractivity contribution is 6.30. The Morgan fingerprint density at radius 1 is 1.36 bits per heavy atom. The molecule has 0 bridgehead atoms. The molecule has 0 spiro atoms. The Bertz CT molecular complexity index is 720. The molecule has 0 radical (unpaired) electrons. The van der Waals surface area contributed by atoms with Crippen LogP contribution in [0.5, 0.6) is 0 Å². The number of piperidine rings is 1. The molecule has 1 aliphatic heterocycles. The molecule has 2 heterocycles. The minimum Gasteiger partial charge on any atom is -0.368 e. The first-order valence-electron chi connectivity index (χ1n) is 8.71. The molecule has 2 aromatic rings. The molecule has 1 N–H and O–H groups in total. The summed E-state index contributed by atoms with van der Waals surface area (Å²) in [6.07, 6.45) is 6.27. The van der Waals surface area contributed by atoms with Gasteiger partial charge in [0.2, 0.25) is 0 Å². The average molecular weight is 359 g/mol. The van der Waals surface area contributed by atoms with Gasteiger partial charge in [0.15, 0.2) is 0 Å². The predicted octanol–water partition coefficient (Wildman–Crippen LogP) is 3.66. The lowest BCUT2D eigenvalue weighted by molar-refractivity contribution is 0.0676. The number of likely N-dealkylation sites (tertiary alicyclic amines) is 1. The molecule has 3 rings (SSSR count). The number of rotatable bonds is 5. The number of nitrogens with one attached hydrogen (secondary N) is 1. The zero-order chi connectivity index (χ0) is 17.6. The summed E-state index contributed by atoms with van der Waals surface area (Å²) in [7, 11) is 0. The largest absolute Gasteiger partial charge is 0.368 e. The summed E-state index contributed by atoms with van der Waals surface area (Å²) in [6, 6.07) is 7.80. The third kappa shape index (κ3) is 4.92. The van der Waals surface area contributed by atoms with Gasteiger partial charge >= 0.3 is 0 Å². The van der Waals surface area contributed by atoms with Gasteiger partial charge in [0.25, 0.3) is 5.91 Å². The number of amides is 1. The van der Waals surface area contributed by atoms with Gasteiger partial charge in [-0.15, -0.1) is 0 Å². The van der Waals surface area contributed by atoms with E-state index in [-0.39, 0.29) is 5.91 Å². The van der Waals surface area contributed by atoms with Crippen LogP contribution in [0.2, 0.25) is 5.02 Å². The first-order valence-corrected chi connectivity index (χ1v) is 9.09. The zero-order valence-corrected chi connectivity index (χ0v) is 15.2. The Morgan fingerprint density at radius 2 is 2.24 bits per heavy atom. The quantitative estimate of drug-likeness (QED) is 0.886. The number of anilines is 1. The smallest absolute Gasteiger partial charge is 0.274 e. The van der Waals surface area contributed by atoms with Crippen molar-refractivity contribution in [1.29, 1.82) is 0 Å². The molecule has 1 unspecified atom stereocenters. The molecule has 1 aliphatic rings. The highest BCUT2D eigenvalue weighted by Crippen LogP contribution is 2.17. The second-order valence-electron chi connectivity index (χ2n) is 6.59. The Labute approximate surface area is 153 Å². The lowest BCUT2D eigenvalue weighted by atomic mass is 10.0. The van der Waals surface area contributed by atoms with Gasteiger partial charge in [-0.1, -0.05) is 30.7 Å². The Kier molecular flexibility index (Phi) is 5.87. The normalized spacial score (nSPS) is 17.4. The molecule has 1 fully saturated rings. The minimum atomic E-state index is -0.0236. The Morgan fingerprint density at radius 3 is 2.96 bits per heavy atom. The van der Waals surface area contributed by atoms with Crippen molar-refractivity contribution in [3.8, 4) is 0 Å². The number of benzene rings is 1. The van der Waals surface area contributed by atoms with Crippen LogP contribution in [0.1, 0.15) is 35.8 Å². The van der Waals surface area contributed by atoms with E-state index in [1.165, 1.54) is 12.0 Å². The van der Waals surface area contributed by atoms with Crippen molar-refractivity contribution in [3.63, 3.8) is 0 Å². The number of aromatic nitrogens is 2. The molecular weight excluding hydrogens is 336 g/mol. The summed E-state index contributed by atoms with van der Waals surface area (Å²) in [5.41, 5.74) is 1.58. The molecule has 1 aromatic heterocycles. The number of carbonyl (C=O) groups is 1. The molecule has 0 aliphatic carbocycles. The van der Waals surface area contributed by atoms with Crippen molar-refractivity contribution < 1.29 is 4.79 Å². The van der Waals surface area contributed by atoms with E-state index in [2.05, 4.69) is 22.2 Å². The maximum absolute atomic E-state index is 12.5. The summed E-state index contributed by atoms with van der Waals surface area (Å²) in [5.74, 6) is 1.20. The molecule has 1 amide bonds. The van der Waals surface area contributed by atoms with E-state index < -0.39 is 0 Å². The van der Waals surface area contributed by atoms with E-state index in [1.807, 2.05) is 29.2 Å². The molecule has 6 heteroatoms. The van der Waals surface area contributed by atoms with Crippen molar-refractivity contribution in [3.05, 3.63) is 52.9 Å². The van der Waals surface area contributed by atoms with E-state index in [0.29, 0.717) is 17.4 Å². The van der Waals surface area contributed by atoms with Crippen LogP contribution < -0.4 is 5.32 Å². The standard InChI is InChI=1S/C19H23ClN4O/c1-14-4-3-9-24(13-14)19(25)17-11-23-18(12-22-17)21-8-7-15-5-2-6-16(20)10-15/h2,5-6,10-12,14H,3-4,7-9,13H2,1H3,(H,21,23). The first kappa shape index (κ1) is 17.7. The van der Waals surface area contributed by atoms with Crippen LogP contribution in [-0.2, 0) is 6.42 Å². The molecular formula is C19H23ClN4O. The highest BCUT2D eigenvalue weighted by atomic mass is 35.5. The average Bonchev–Trinajstić information content (AvgIpc) is 2.62. The third-order valence-electron chi connectivity index (χ3n) is 4.42. The molecule has 25 heavy (non-hydrogen) atoms. The SMILES string of the molecule is CC1CCCN(C(=O)c2cnc(NCCc3cccc(Cl)c3)cn2)C1. The molecule has 0 saturated carbocycles. The van der Waals surface area contributed by atoms with Crippen molar-refractivity contribution in [2.45, 2.75) is 26.2 Å². The Balaban J connectivity index is 1.52. The van der Waals surface area contributed by atoms with E-state index >= 15 is 0 Å². The summed E-state index contributed by atoms with van der Waals surface area (Å²) in [4.78, 5) is 23.0. The zero-order valence-electron chi connectivity index (χ0n) is 14.4. The third-order valence-corrected chi connectivity index (χ3v) is 4.66. The molecule has 1 saturated heterocycles. The van der Waals surface area contributed by atoms with E-state index in [0.717, 1.165) is 37.5 Å². The van der Waals surface area contributed by atoms with Crippen molar-refractivity contribution in [1.82, 2.24) is 14.9 Å². The summed E-state index contributed by atoms with van der Waals surface area (Å²) >= 11 is 5.98. The number of hydrogen-bond donors (Lipinski definition) is 1. The van der Waals surface area contributed by atoms with Gasteiger partial charge in [-0.3, -0.25) is 4.79 Å². The van der Waals surface area contributed by atoms with Crippen LogP contribution in [0.15, 0.2) is 36.7 Å². The molecule has 1 atom stereocenters. The number of carbonyl (C=O) groups excluding carboxylic acids is 1. The van der Waals surface area contributed by atoms with Gasteiger partial charge in [0, 0.05) is 24.7 Å². The lowest BCUT2D eigenvalue weighted by Crippen LogP contribution is -2.39. The summed E-state index contributed by atoms with van der Waals surface area (Å²) in [5, 5.41) is 3.97. The summed E-state index contributed by atoms with van der Waals surface area (Å²) < 4.78 is 0. The van der Waals surface area contributed by atoms with Crippen molar-refractivity contribution in [2.24, 2.45) is 5.92 Å². The second-order valence-corrected chi connectivity index (χ2v) is 7.03. The number of nitrogens with zero attached hydrogens (tertiary/aromatic N) is 3. The van der Waals surface area contributed by atoms with Gasteiger partial charge in [-0.2, -0.15) is 0 Å². The maximum atomic E-state index is 12.5. The second kappa shape index (κ2) is 8.30. The first-order chi connectivity index (χ1) is 12.1.